The minimum Gasteiger partial charge on any atom is -0.467 e. The fourth-order valence-corrected chi connectivity index (χ4v) is 3.15. The zero-order chi connectivity index (χ0) is 22.0. The number of halogens is 1. The predicted octanol–water partition coefficient (Wildman–Crippen LogP) is 4.61. The van der Waals surface area contributed by atoms with E-state index in [0.717, 1.165) is 5.56 Å². The lowest BCUT2D eigenvalue weighted by Gasteiger charge is -2.15. The lowest BCUT2D eigenvalue weighted by Crippen LogP contribution is -2.22. The molecule has 0 aliphatic carbocycles. The van der Waals surface area contributed by atoms with Crippen LogP contribution in [0.3, 0.4) is 0 Å². The van der Waals surface area contributed by atoms with Gasteiger partial charge >= 0.3 is 11.7 Å². The number of methoxy groups -OCH3 is 1. The Morgan fingerprint density at radius 3 is 2.26 bits per heavy atom. The fraction of sp³-hybridized carbons (Fsp3) is 0.130. The average Bonchev–Trinajstić information content (AvgIpc) is 3.04. The number of benzene rings is 3. The molecule has 3 aromatic carbocycles. The molecule has 0 saturated heterocycles. The van der Waals surface area contributed by atoms with E-state index in [-0.39, 0.29) is 17.4 Å². The van der Waals surface area contributed by atoms with Gasteiger partial charge < -0.3 is 14.2 Å². The molecule has 4 aromatic rings. The van der Waals surface area contributed by atoms with Crippen LogP contribution in [-0.2, 0) is 7.05 Å². The van der Waals surface area contributed by atoms with E-state index in [9.17, 15) is 9.18 Å². The smallest absolute Gasteiger partial charge is 0.353 e. The monoisotopic (exact) mass is 421 g/mol. The SMILES string of the molecule is COc1nn(C)c(=O)n1-c1c(C)cccc1Oc1cccc(Oc2ccccc2F)c1. The molecule has 0 amide bonds. The molecule has 0 saturated carbocycles. The van der Waals surface area contributed by atoms with E-state index in [2.05, 4.69) is 5.10 Å². The minimum absolute atomic E-state index is 0.113. The number of aromatic nitrogens is 3. The Balaban J connectivity index is 1.71. The normalized spacial score (nSPS) is 10.7. The highest BCUT2D eigenvalue weighted by Gasteiger charge is 2.20. The zero-order valence-corrected chi connectivity index (χ0v) is 17.2. The molecule has 0 spiro atoms. The zero-order valence-electron chi connectivity index (χ0n) is 17.2. The summed E-state index contributed by atoms with van der Waals surface area (Å²) in [6.07, 6.45) is 0. The highest BCUT2D eigenvalue weighted by molar-refractivity contribution is 5.55. The van der Waals surface area contributed by atoms with Crippen LogP contribution < -0.4 is 19.9 Å². The lowest BCUT2D eigenvalue weighted by atomic mass is 10.2. The Morgan fingerprint density at radius 2 is 1.55 bits per heavy atom. The molecule has 158 valence electrons. The molecule has 0 radical (unpaired) electrons. The Bertz CT molecular complexity index is 1300. The second kappa shape index (κ2) is 8.35. The highest BCUT2D eigenvalue weighted by atomic mass is 19.1. The standard InChI is InChI=1S/C23H20FN3O4/c1-15-8-6-13-20(21(15)27-22(29-3)25-26(2)23(27)28)31-17-10-7-9-16(14-17)30-19-12-5-4-11-18(19)24/h4-14H,1-3H3. The van der Waals surface area contributed by atoms with Crippen molar-refractivity contribution >= 4 is 0 Å². The van der Waals surface area contributed by atoms with Crippen LogP contribution in [0, 0.1) is 12.7 Å². The number of nitrogens with zero attached hydrogens (tertiary/aromatic N) is 3. The summed E-state index contributed by atoms with van der Waals surface area (Å²) >= 11 is 0. The van der Waals surface area contributed by atoms with Gasteiger partial charge in [-0.2, -0.15) is 0 Å². The van der Waals surface area contributed by atoms with Crippen molar-refractivity contribution in [3.63, 3.8) is 0 Å². The summed E-state index contributed by atoms with van der Waals surface area (Å²) in [5.74, 6) is 0.946. The number of aryl methyl sites for hydroxylation is 2. The third-order valence-electron chi connectivity index (χ3n) is 4.60. The van der Waals surface area contributed by atoms with Gasteiger partial charge in [-0.25, -0.2) is 18.4 Å². The minimum atomic E-state index is -0.460. The molecule has 0 aliphatic heterocycles. The van der Waals surface area contributed by atoms with Gasteiger partial charge in [-0.3, -0.25) is 0 Å². The number of rotatable bonds is 6. The second-order valence-electron chi connectivity index (χ2n) is 6.76. The molecule has 0 bridgehead atoms. The Kier molecular flexibility index (Phi) is 5.44. The first-order chi connectivity index (χ1) is 15.0. The van der Waals surface area contributed by atoms with E-state index < -0.39 is 5.82 Å². The lowest BCUT2D eigenvalue weighted by molar-refractivity contribution is 0.366. The first-order valence-electron chi connectivity index (χ1n) is 9.48. The third kappa shape index (κ3) is 4.00. The summed E-state index contributed by atoms with van der Waals surface area (Å²) in [4.78, 5) is 12.7. The van der Waals surface area contributed by atoms with Crippen molar-refractivity contribution in [2.24, 2.45) is 7.05 Å². The maximum Gasteiger partial charge on any atom is 0.353 e. The fourth-order valence-electron chi connectivity index (χ4n) is 3.15. The van der Waals surface area contributed by atoms with Gasteiger partial charge in [-0.15, -0.1) is 5.10 Å². The van der Waals surface area contributed by atoms with Gasteiger partial charge in [0.05, 0.1) is 7.11 Å². The van der Waals surface area contributed by atoms with Crippen LogP contribution in [0.4, 0.5) is 4.39 Å². The molecule has 1 heterocycles. The molecule has 7 nitrogen and oxygen atoms in total. The van der Waals surface area contributed by atoms with Crippen molar-refractivity contribution in [2.45, 2.75) is 6.92 Å². The van der Waals surface area contributed by atoms with Crippen LogP contribution >= 0.6 is 0 Å². The first kappa shape index (κ1) is 20.2. The molecule has 0 fully saturated rings. The van der Waals surface area contributed by atoms with Gasteiger partial charge in [0, 0.05) is 13.1 Å². The average molecular weight is 421 g/mol. The van der Waals surface area contributed by atoms with Crippen molar-refractivity contribution in [2.75, 3.05) is 7.11 Å². The summed E-state index contributed by atoms with van der Waals surface area (Å²) in [6, 6.07) is 18.5. The van der Waals surface area contributed by atoms with E-state index in [0.29, 0.717) is 22.9 Å². The summed E-state index contributed by atoms with van der Waals surface area (Å²) in [6.45, 7) is 1.86. The van der Waals surface area contributed by atoms with Crippen LogP contribution in [0.5, 0.6) is 29.0 Å². The third-order valence-corrected chi connectivity index (χ3v) is 4.60. The van der Waals surface area contributed by atoms with E-state index in [4.69, 9.17) is 14.2 Å². The molecule has 0 N–H and O–H groups in total. The summed E-state index contributed by atoms with van der Waals surface area (Å²) in [7, 11) is 2.99. The molecule has 4 rings (SSSR count). The molecule has 0 atom stereocenters. The Morgan fingerprint density at radius 1 is 0.903 bits per heavy atom. The molecule has 0 aliphatic rings. The number of hydrogen-bond donors (Lipinski definition) is 0. The van der Waals surface area contributed by atoms with E-state index in [1.807, 2.05) is 19.1 Å². The van der Waals surface area contributed by atoms with Gasteiger partial charge in [0.15, 0.2) is 17.3 Å². The van der Waals surface area contributed by atoms with Crippen molar-refractivity contribution in [1.29, 1.82) is 0 Å². The predicted molar refractivity (Wildman–Crippen MR) is 113 cm³/mol. The first-order valence-corrected chi connectivity index (χ1v) is 9.48. The molecule has 0 unspecified atom stereocenters. The van der Waals surface area contributed by atoms with Crippen molar-refractivity contribution < 1.29 is 18.6 Å². The Hall–Kier alpha value is -4.07. The molecule has 31 heavy (non-hydrogen) atoms. The largest absolute Gasteiger partial charge is 0.467 e. The van der Waals surface area contributed by atoms with Crippen LogP contribution in [0.1, 0.15) is 5.56 Å². The number of para-hydroxylation sites is 2. The Labute approximate surface area is 177 Å². The number of ether oxygens (including phenoxy) is 3. The summed E-state index contributed by atoms with van der Waals surface area (Å²) in [5.41, 5.74) is 0.940. The van der Waals surface area contributed by atoms with Gasteiger partial charge in [0.25, 0.3) is 0 Å². The van der Waals surface area contributed by atoms with E-state index >= 15 is 0 Å². The second-order valence-corrected chi connectivity index (χ2v) is 6.76. The van der Waals surface area contributed by atoms with Gasteiger partial charge in [0.1, 0.15) is 17.2 Å². The molecule has 8 heteroatoms. The topological polar surface area (TPSA) is 67.5 Å². The summed E-state index contributed by atoms with van der Waals surface area (Å²) < 4.78 is 33.5. The van der Waals surface area contributed by atoms with Crippen molar-refractivity contribution in [1.82, 2.24) is 14.3 Å². The van der Waals surface area contributed by atoms with Gasteiger partial charge in [-0.1, -0.05) is 30.3 Å². The van der Waals surface area contributed by atoms with E-state index in [1.54, 1.807) is 55.6 Å². The van der Waals surface area contributed by atoms with Crippen LogP contribution in [0.2, 0.25) is 0 Å². The number of hydrogen-bond acceptors (Lipinski definition) is 5. The van der Waals surface area contributed by atoms with Crippen LogP contribution in [-0.4, -0.2) is 21.5 Å². The highest BCUT2D eigenvalue weighted by Crippen LogP contribution is 2.34. The van der Waals surface area contributed by atoms with Crippen molar-refractivity contribution in [3.05, 3.63) is 88.6 Å². The maximum atomic E-state index is 13.9. The molecule has 1 aromatic heterocycles. The van der Waals surface area contributed by atoms with Gasteiger partial charge in [-0.05, 0) is 42.8 Å². The van der Waals surface area contributed by atoms with Gasteiger partial charge in [0.2, 0.25) is 0 Å². The molecular weight excluding hydrogens is 401 g/mol. The quantitative estimate of drug-likeness (QED) is 0.455. The van der Waals surface area contributed by atoms with Crippen LogP contribution in [0.25, 0.3) is 5.69 Å². The van der Waals surface area contributed by atoms with Crippen LogP contribution in [0.15, 0.2) is 71.5 Å². The van der Waals surface area contributed by atoms with Crippen molar-refractivity contribution in [3.8, 4) is 34.7 Å². The summed E-state index contributed by atoms with van der Waals surface area (Å²) in [5, 5.41) is 4.10. The van der Waals surface area contributed by atoms with E-state index in [1.165, 1.54) is 22.4 Å². The maximum absolute atomic E-state index is 13.9. The molecular formula is C23H20FN3O4.